The molecule has 0 saturated carbocycles. The maximum absolute atomic E-state index is 13.2. The van der Waals surface area contributed by atoms with Crippen LogP contribution in [0.1, 0.15) is 39.2 Å². The molecule has 0 spiro atoms. The number of allylic oxidation sites excluding steroid dienone is 2. The maximum Gasteiger partial charge on any atom is 0.336 e. The van der Waals surface area contributed by atoms with E-state index >= 15 is 0 Å². The van der Waals surface area contributed by atoms with Gasteiger partial charge in [0.15, 0.2) is 0 Å². The second-order valence-corrected chi connectivity index (χ2v) is 7.76. The summed E-state index contributed by atoms with van der Waals surface area (Å²) >= 11 is 0. The summed E-state index contributed by atoms with van der Waals surface area (Å²) in [5.74, 6) is -2.81. The number of nitrogens with zero attached hydrogens (tertiary/aromatic N) is 2. The minimum Gasteiger partial charge on any atom is -0.478 e. The van der Waals surface area contributed by atoms with Crippen molar-refractivity contribution in [2.75, 3.05) is 20.8 Å². The number of esters is 1. The van der Waals surface area contributed by atoms with Crippen LogP contribution in [0.15, 0.2) is 46.8 Å². The maximum atomic E-state index is 13.2. The number of carbonyl (C=O) groups is 2. The molecule has 0 aromatic heterocycles. The summed E-state index contributed by atoms with van der Waals surface area (Å²) in [6.07, 6.45) is -0.321. The van der Waals surface area contributed by atoms with Crippen molar-refractivity contribution in [2.45, 2.75) is 39.7 Å². The summed E-state index contributed by atoms with van der Waals surface area (Å²) < 4.78 is 10.9. The van der Waals surface area contributed by atoms with E-state index in [1.807, 2.05) is 13.8 Å². The molecule has 0 saturated heterocycles. The lowest BCUT2D eigenvalue weighted by atomic mass is 9.79. The third-order valence-corrected chi connectivity index (χ3v) is 5.65. The number of ether oxygens (including phenoxy) is 2. The van der Waals surface area contributed by atoms with Gasteiger partial charge in [0.2, 0.25) is 0 Å². The van der Waals surface area contributed by atoms with E-state index in [0.29, 0.717) is 17.0 Å². The van der Waals surface area contributed by atoms with Crippen LogP contribution in [0.25, 0.3) is 0 Å². The predicted molar refractivity (Wildman–Crippen MR) is 113 cm³/mol. The zero-order chi connectivity index (χ0) is 23.5. The normalized spacial score (nSPS) is 17.8. The fourth-order valence-corrected chi connectivity index (χ4v) is 3.64. The Morgan fingerprint density at radius 2 is 1.84 bits per heavy atom. The average molecular weight is 432 g/mol. The molecule has 1 aliphatic heterocycles. The van der Waals surface area contributed by atoms with Gasteiger partial charge >= 0.3 is 11.9 Å². The summed E-state index contributed by atoms with van der Waals surface area (Å²) in [5, 5.41) is 21.2. The Morgan fingerprint density at radius 1 is 1.23 bits per heavy atom. The number of benzene rings is 1. The molecule has 1 aromatic carbocycles. The summed E-state index contributed by atoms with van der Waals surface area (Å²) in [7, 11) is 3.19. The van der Waals surface area contributed by atoms with Gasteiger partial charge in [-0.2, -0.15) is 0 Å². The third kappa shape index (κ3) is 4.93. The molecule has 1 N–H and O–H groups in total. The molecule has 31 heavy (non-hydrogen) atoms. The van der Waals surface area contributed by atoms with Crippen LogP contribution in [0.5, 0.6) is 0 Å². The molecule has 2 atom stereocenters. The van der Waals surface area contributed by atoms with Gasteiger partial charge in [-0.15, -0.1) is 0 Å². The summed E-state index contributed by atoms with van der Waals surface area (Å²) in [4.78, 5) is 37.7. The second-order valence-electron chi connectivity index (χ2n) is 7.76. The largest absolute Gasteiger partial charge is 0.478 e. The van der Waals surface area contributed by atoms with E-state index in [0.717, 1.165) is 0 Å². The number of rotatable bonds is 8. The van der Waals surface area contributed by atoms with Crippen LogP contribution in [0.4, 0.5) is 5.69 Å². The van der Waals surface area contributed by atoms with Crippen molar-refractivity contribution in [3.05, 3.63) is 62.5 Å². The molecule has 0 bridgehead atoms. The van der Waals surface area contributed by atoms with E-state index in [-0.39, 0.29) is 35.5 Å². The van der Waals surface area contributed by atoms with Crippen molar-refractivity contribution in [1.82, 2.24) is 4.90 Å². The molecule has 2 rings (SSSR count). The van der Waals surface area contributed by atoms with E-state index in [9.17, 15) is 24.8 Å². The van der Waals surface area contributed by atoms with Gasteiger partial charge in [0.1, 0.15) is 6.61 Å². The van der Waals surface area contributed by atoms with E-state index in [1.54, 1.807) is 31.9 Å². The van der Waals surface area contributed by atoms with Crippen molar-refractivity contribution in [3.8, 4) is 0 Å². The SMILES string of the molecule is COC(COC(=O)C1=C(C)N(C)C(C)=C(C(=O)O)C1c1cccc([N+](=O)[O-])c1)C(C)C. The highest BCUT2D eigenvalue weighted by atomic mass is 16.6. The minimum atomic E-state index is -1.21. The van der Waals surface area contributed by atoms with E-state index in [1.165, 1.54) is 25.3 Å². The number of hydrogen-bond acceptors (Lipinski definition) is 7. The number of nitro benzene ring substituents is 1. The molecule has 0 fully saturated rings. The van der Waals surface area contributed by atoms with Crippen molar-refractivity contribution in [3.63, 3.8) is 0 Å². The molecule has 0 amide bonds. The molecule has 0 radical (unpaired) electrons. The Balaban J connectivity index is 2.59. The Morgan fingerprint density at radius 3 is 2.35 bits per heavy atom. The molecule has 9 heteroatoms. The van der Waals surface area contributed by atoms with Gasteiger partial charge in [-0.1, -0.05) is 26.0 Å². The molecule has 1 aliphatic rings. The first-order chi connectivity index (χ1) is 14.5. The quantitative estimate of drug-likeness (QED) is 0.377. The van der Waals surface area contributed by atoms with Crippen LogP contribution >= 0.6 is 0 Å². The number of carboxylic acid groups (broad SMARTS) is 1. The molecular formula is C22H28N2O7. The lowest BCUT2D eigenvalue weighted by Crippen LogP contribution is -2.34. The van der Waals surface area contributed by atoms with Crippen molar-refractivity contribution >= 4 is 17.6 Å². The fraction of sp³-hybridized carbons (Fsp3) is 0.455. The molecule has 9 nitrogen and oxygen atoms in total. The lowest BCUT2D eigenvalue weighted by Gasteiger charge is -2.35. The monoisotopic (exact) mass is 432 g/mol. The van der Waals surface area contributed by atoms with Crippen LogP contribution in [0.2, 0.25) is 0 Å². The van der Waals surface area contributed by atoms with Crippen molar-refractivity contribution in [2.24, 2.45) is 5.92 Å². The molecule has 0 aliphatic carbocycles. The summed E-state index contributed by atoms with van der Waals surface area (Å²) in [5.41, 5.74) is 1.19. The highest BCUT2D eigenvalue weighted by Gasteiger charge is 2.39. The molecule has 1 heterocycles. The average Bonchev–Trinajstić information content (AvgIpc) is 2.71. The number of hydrogen-bond donors (Lipinski definition) is 1. The van der Waals surface area contributed by atoms with E-state index in [2.05, 4.69) is 0 Å². The summed E-state index contributed by atoms with van der Waals surface area (Å²) in [6.45, 7) is 7.20. The first kappa shape index (κ1) is 24.1. The molecule has 168 valence electrons. The van der Waals surface area contributed by atoms with Crippen LogP contribution in [0, 0.1) is 16.0 Å². The number of aliphatic carboxylic acids is 1. The Kier molecular flexibility index (Phi) is 7.56. The molecule has 1 aromatic rings. The van der Waals surface area contributed by atoms with Crippen LogP contribution in [-0.4, -0.2) is 53.7 Å². The zero-order valence-electron chi connectivity index (χ0n) is 18.5. The fourth-order valence-electron chi connectivity index (χ4n) is 3.64. The van der Waals surface area contributed by atoms with E-state index in [4.69, 9.17) is 9.47 Å². The van der Waals surface area contributed by atoms with Gasteiger partial charge in [-0.05, 0) is 25.3 Å². The minimum absolute atomic E-state index is 0.000251. The Hall–Kier alpha value is -3.20. The number of carbonyl (C=O) groups excluding carboxylic acids is 1. The zero-order valence-corrected chi connectivity index (χ0v) is 18.5. The standard InChI is InChI=1S/C22H28N2O7/c1-12(2)17(30-6)11-31-22(27)19-14(4)23(5)13(3)18(21(25)26)20(19)15-8-7-9-16(10-15)24(28)29/h7-10,12,17,20H,11H2,1-6H3,(H,25,26). The van der Waals surface area contributed by atoms with E-state index < -0.39 is 22.8 Å². The van der Waals surface area contributed by atoms with Crippen molar-refractivity contribution < 1.29 is 29.1 Å². The Bertz CT molecular complexity index is 949. The van der Waals surface area contributed by atoms with Crippen LogP contribution in [-0.2, 0) is 19.1 Å². The second kappa shape index (κ2) is 9.74. The highest BCUT2D eigenvalue weighted by molar-refractivity contribution is 5.99. The van der Waals surface area contributed by atoms with Gasteiger partial charge in [0, 0.05) is 37.7 Å². The third-order valence-electron chi connectivity index (χ3n) is 5.65. The lowest BCUT2D eigenvalue weighted by molar-refractivity contribution is -0.384. The van der Waals surface area contributed by atoms with Gasteiger partial charge in [-0.3, -0.25) is 10.1 Å². The van der Waals surface area contributed by atoms with Crippen LogP contribution in [0.3, 0.4) is 0 Å². The summed E-state index contributed by atoms with van der Waals surface area (Å²) in [6, 6.07) is 5.65. The topological polar surface area (TPSA) is 119 Å². The predicted octanol–water partition coefficient (Wildman–Crippen LogP) is 3.47. The van der Waals surface area contributed by atoms with Crippen LogP contribution < -0.4 is 0 Å². The van der Waals surface area contributed by atoms with Crippen molar-refractivity contribution in [1.29, 1.82) is 0 Å². The number of carboxylic acids is 1. The highest BCUT2D eigenvalue weighted by Crippen LogP contribution is 2.42. The number of non-ortho nitro benzene ring substituents is 1. The molecular weight excluding hydrogens is 404 g/mol. The van der Waals surface area contributed by atoms with Gasteiger partial charge < -0.3 is 19.5 Å². The van der Waals surface area contributed by atoms with Gasteiger partial charge in [0.05, 0.1) is 28.1 Å². The smallest absolute Gasteiger partial charge is 0.336 e. The molecule has 2 unspecified atom stereocenters. The first-order valence-electron chi connectivity index (χ1n) is 9.84. The van der Waals surface area contributed by atoms with Gasteiger partial charge in [0.25, 0.3) is 5.69 Å². The number of nitro groups is 1. The number of methoxy groups -OCH3 is 1. The van der Waals surface area contributed by atoms with Gasteiger partial charge in [-0.25, -0.2) is 9.59 Å². The first-order valence-corrected chi connectivity index (χ1v) is 9.84. The Labute approximate surface area is 181 Å².